The molecule has 0 aromatic carbocycles. The van der Waals surface area contributed by atoms with Crippen LogP contribution < -0.4 is 0 Å². The molecule has 0 heterocycles. The van der Waals surface area contributed by atoms with E-state index < -0.39 is 33.7 Å². The summed E-state index contributed by atoms with van der Waals surface area (Å²) in [6, 6.07) is 0. The lowest BCUT2D eigenvalue weighted by molar-refractivity contribution is -0.269. The van der Waals surface area contributed by atoms with Crippen molar-refractivity contribution < 1.29 is 37.1 Å². The van der Waals surface area contributed by atoms with Crippen LogP contribution >= 0.6 is 0 Å². The standard InChI is InChI=1S/C18H34O8S/c1-3-5-6-7-8-9-10-11-12-13-14-24-18(20)16(27(21,22)23)15-17(19)26-25-4-2/h16H,3-15H2,1-2H3,(H,21,22,23). The summed E-state index contributed by atoms with van der Waals surface area (Å²) in [5.41, 5.74) is 0. The number of esters is 1. The molecule has 0 spiro atoms. The highest BCUT2D eigenvalue weighted by Gasteiger charge is 2.35. The van der Waals surface area contributed by atoms with E-state index >= 15 is 0 Å². The Bertz CT molecular complexity index is 503. The second kappa shape index (κ2) is 15.8. The molecule has 0 radical (unpaired) electrons. The second-order valence-corrected chi connectivity index (χ2v) is 8.02. The van der Waals surface area contributed by atoms with Gasteiger partial charge in [-0.2, -0.15) is 13.3 Å². The van der Waals surface area contributed by atoms with Crippen molar-refractivity contribution in [1.82, 2.24) is 0 Å². The van der Waals surface area contributed by atoms with Crippen molar-refractivity contribution in [3.8, 4) is 0 Å². The minimum atomic E-state index is -4.78. The van der Waals surface area contributed by atoms with Crippen LogP contribution in [-0.4, -0.2) is 43.4 Å². The summed E-state index contributed by atoms with van der Waals surface area (Å²) in [7, 11) is -4.78. The van der Waals surface area contributed by atoms with E-state index in [0.29, 0.717) is 6.42 Å². The zero-order chi connectivity index (χ0) is 20.5. The van der Waals surface area contributed by atoms with E-state index in [1.165, 1.54) is 38.5 Å². The van der Waals surface area contributed by atoms with E-state index in [1.807, 2.05) is 0 Å². The van der Waals surface area contributed by atoms with Crippen LogP contribution in [0.25, 0.3) is 0 Å². The molecule has 0 saturated heterocycles. The van der Waals surface area contributed by atoms with Crippen LogP contribution in [0.3, 0.4) is 0 Å². The molecule has 9 heteroatoms. The average molecular weight is 411 g/mol. The number of hydrogen-bond acceptors (Lipinski definition) is 7. The molecule has 0 aromatic rings. The summed E-state index contributed by atoms with van der Waals surface area (Å²) >= 11 is 0. The monoisotopic (exact) mass is 410 g/mol. The third-order valence-corrected chi connectivity index (χ3v) is 5.06. The number of carbonyl (C=O) groups is 2. The Balaban J connectivity index is 3.96. The first-order chi connectivity index (χ1) is 12.8. The van der Waals surface area contributed by atoms with Gasteiger partial charge < -0.3 is 4.74 Å². The molecule has 0 bridgehead atoms. The normalized spacial score (nSPS) is 12.6. The molecule has 27 heavy (non-hydrogen) atoms. The molecule has 1 unspecified atom stereocenters. The molecule has 0 amide bonds. The highest BCUT2D eigenvalue weighted by molar-refractivity contribution is 7.87. The van der Waals surface area contributed by atoms with E-state index in [-0.39, 0.29) is 13.2 Å². The summed E-state index contributed by atoms with van der Waals surface area (Å²) in [5, 5.41) is -2.01. The van der Waals surface area contributed by atoms with Gasteiger partial charge in [0, 0.05) is 0 Å². The van der Waals surface area contributed by atoms with E-state index in [9.17, 15) is 18.0 Å². The predicted molar refractivity (Wildman–Crippen MR) is 100 cm³/mol. The van der Waals surface area contributed by atoms with Gasteiger partial charge in [-0.15, -0.1) is 0 Å². The third kappa shape index (κ3) is 14.5. The van der Waals surface area contributed by atoms with Crippen LogP contribution in [0.2, 0.25) is 0 Å². The SMILES string of the molecule is CCCCCCCCCCCCOC(=O)C(CC(=O)OOCC)S(=O)(=O)O. The Morgan fingerprint density at radius 3 is 1.89 bits per heavy atom. The highest BCUT2D eigenvalue weighted by Crippen LogP contribution is 2.12. The maximum absolute atomic E-state index is 11.8. The maximum atomic E-state index is 11.8. The Morgan fingerprint density at radius 2 is 1.41 bits per heavy atom. The summed E-state index contributed by atoms with van der Waals surface area (Å²) < 4.78 is 36.6. The minimum Gasteiger partial charge on any atom is -0.465 e. The molecule has 0 aliphatic carbocycles. The van der Waals surface area contributed by atoms with Crippen LogP contribution in [0.5, 0.6) is 0 Å². The third-order valence-electron chi connectivity index (χ3n) is 3.99. The van der Waals surface area contributed by atoms with Crippen molar-refractivity contribution >= 4 is 22.1 Å². The number of hydrogen-bond donors (Lipinski definition) is 1. The van der Waals surface area contributed by atoms with Gasteiger partial charge in [0.2, 0.25) is 0 Å². The van der Waals surface area contributed by atoms with Crippen molar-refractivity contribution in [1.29, 1.82) is 0 Å². The molecule has 0 aromatic heterocycles. The van der Waals surface area contributed by atoms with Crippen LogP contribution in [-0.2, 0) is 34.2 Å². The lowest BCUT2D eigenvalue weighted by Crippen LogP contribution is -2.34. The topological polar surface area (TPSA) is 116 Å². The molecule has 8 nitrogen and oxygen atoms in total. The Labute approximate surface area is 162 Å². The fraction of sp³-hybridized carbons (Fsp3) is 0.889. The molecule has 1 N–H and O–H groups in total. The van der Waals surface area contributed by atoms with Gasteiger partial charge in [-0.25, -0.2) is 4.79 Å². The second-order valence-electron chi connectivity index (χ2n) is 6.42. The van der Waals surface area contributed by atoms with E-state index in [0.717, 1.165) is 19.3 Å². The Morgan fingerprint density at radius 1 is 0.889 bits per heavy atom. The van der Waals surface area contributed by atoms with Crippen molar-refractivity contribution in [3.05, 3.63) is 0 Å². The molecule has 1 atom stereocenters. The average Bonchev–Trinajstić information content (AvgIpc) is 2.61. The summed E-state index contributed by atoms with van der Waals surface area (Å²) in [4.78, 5) is 31.9. The fourth-order valence-corrected chi connectivity index (χ4v) is 3.13. The van der Waals surface area contributed by atoms with E-state index in [1.54, 1.807) is 6.92 Å². The molecular formula is C18H34O8S. The van der Waals surface area contributed by atoms with Crippen molar-refractivity contribution in [2.24, 2.45) is 0 Å². The minimum absolute atomic E-state index is 0.0435. The van der Waals surface area contributed by atoms with Gasteiger partial charge in [0.05, 0.1) is 19.6 Å². The van der Waals surface area contributed by atoms with Gasteiger partial charge in [-0.3, -0.25) is 14.2 Å². The first-order valence-electron chi connectivity index (χ1n) is 9.78. The van der Waals surface area contributed by atoms with Gasteiger partial charge in [0.15, 0.2) is 5.25 Å². The first kappa shape index (κ1) is 25.8. The quantitative estimate of drug-likeness (QED) is 0.127. The highest BCUT2D eigenvalue weighted by atomic mass is 32.2. The summed E-state index contributed by atoms with van der Waals surface area (Å²) in [6.45, 7) is 3.87. The lowest BCUT2D eigenvalue weighted by Gasteiger charge is -2.12. The number of carbonyl (C=O) groups excluding carboxylic acids is 2. The Hall–Kier alpha value is -1.19. The first-order valence-corrected chi connectivity index (χ1v) is 11.3. The summed E-state index contributed by atoms with van der Waals surface area (Å²) in [5.74, 6) is -2.24. The zero-order valence-electron chi connectivity index (χ0n) is 16.5. The van der Waals surface area contributed by atoms with E-state index in [2.05, 4.69) is 16.7 Å². The van der Waals surface area contributed by atoms with Gasteiger partial charge in [0.25, 0.3) is 10.1 Å². The molecular weight excluding hydrogens is 376 g/mol. The Kier molecular flexibility index (Phi) is 15.1. The van der Waals surface area contributed by atoms with Crippen molar-refractivity contribution in [2.45, 2.75) is 89.7 Å². The molecule has 0 rings (SSSR count). The summed E-state index contributed by atoms with van der Waals surface area (Å²) in [6.07, 6.45) is 10.3. The zero-order valence-corrected chi connectivity index (χ0v) is 17.3. The molecule has 160 valence electrons. The maximum Gasteiger partial charge on any atom is 0.344 e. The van der Waals surface area contributed by atoms with Crippen molar-refractivity contribution in [2.75, 3.05) is 13.2 Å². The number of rotatable bonds is 17. The van der Waals surface area contributed by atoms with Crippen LogP contribution in [0, 0.1) is 0 Å². The van der Waals surface area contributed by atoms with Crippen LogP contribution in [0.4, 0.5) is 0 Å². The van der Waals surface area contributed by atoms with Gasteiger partial charge in [-0.05, 0) is 13.3 Å². The van der Waals surface area contributed by atoms with E-state index in [4.69, 9.17) is 9.29 Å². The molecule has 0 fully saturated rings. The van der Waals surface area contributed by atoms with Crippen LogP contribution in [0.15, 0.2) is 0 Å². The van der Waals surface area contributed by atoms with Crippen molar-refractivity contribution in [3.63, 3.8) is 0 Å². The van der Waals surface area contributed by atoms with Gasteiger partial charge in [0.1, 0.15) is 0 Å². The fourth-order valence-electron chi connectivity index (χ4n) is 2.48. The van der Waals surface area contributed by atoms with Gasteiger partial charge in [-0.1, -0.05) is 64.7 Å². The number of unbranched alkanes of at least 4 members (excludes halogenated alkanes) is 9. The van der Waals surface area contributed by atoms with Gasteiger partial charge >= 0.3 is 11.9 Å². The van der Waals surface area contributed by atoms with Crippen LogP contribution in [0.1, 0.15) is 84.5 Å². The lowest BCUT2D eigenvalue weighted by atomic mass is 10.1. The predicted octanol–water partition coefficient (Wildman–Crippen LogP) is 3.59. The largest absolute Gasteiger partial charge is 0.465 e. The molecule has 0 aliphatic heterocycles. The smallest absolute Gasteiger partial charge is 0.344 e. The molecule has 0 aliphatic rings. The number of ether oxygens (including phenoxy) is 1. The molecule has 0 saturated carbocycles.